The van der Waals surface area contributed by atoms with Crippen molar-refractivity contribution in [3.05, 3.63) is 47.4 Å². The molecule has 6 nitrogen and oxygen atoms in total. The number of benzene rings is 1. The standard InChI is InChI=1S/C19H25FN4O2.ClH/c1-19(2,3)18-22-16(26-23-18)7-8-17(25)24-10-14(15(21)11-24)12-5-4-6-13(20)9-12;/h4-6,9,14-15H,7-8,10-11,21H2,1-3H3;1H/t14-,15+;/m1./s1. The number of nitrogens with zero attached hydrogens (tertiary/aromatic N) is 3. The van der Waals surface area contributed by atoms with Crippen LogP contribution in [0.3, 0.4) is 0 Å². The number of carbonyl (C=O) groups is 1. The van der Waals surface area contributed by atoms with Crippen molar-refractivity contribution in [1.82, 2.24) is 15.0 Å². The maximum atomic E-state index is 13.5. The van der Waals surface area contributed by atoms with E-state index >= 15 is 0 Å². The molecule has 0 radical (unpaired) electrons. The molecule has 0 saturated carbocycles. The Morgan fingerprint density at radius 3 is 2.74 bits per heavy atom. The second-order valence-corrected chi connectivity index (χ2v) is 7.89. The van der Waals surface area contributed by atoms with Gasteiger partial charge in [0.25, 0.3) is 0 Å². The Morgan fingerprint density at radius 2 is 2.11 bits per heavy atom. The van der Waals surface area contributed by atoms with Crippen LogP contribution in [0, 0.1) is 5.82 Å². The number of nitrogens with two attached hydrogens (primary N) is 1. The number of amides is 1. The molecule has 27 heavy (non-hydrogen) atoms. The normalized spacial score (nSPS) is 19.8. The van der Waals surface area contributed by atoms with Crippen molar-refractivity contribution in [3.8, 4) is 0 Å². The van der Waals surface area contributed by atoms with Crippen molar-refractivity contribution >= 4 is 18.3 Å². The summed E-state index contributed by atoms with van der Waals surface area (Å²) in [7, 11) is 0. The van der Waals surface area contributed by atoms with Crippen LogP contribution in [0.25, 0.3) is 0 Å². The molecule has 1 amide bonds. The van der Waals surface area contributed by atoms with Crippen LogP contribution in [0.4, 0.5) is 4.39 Å². The quantitative estimate of drug-likeness (QED) is 0.858. The molecule has 2 atom stereocenters. The summed E-state index contributed by atoms with van der Waals surface area (Å²) in [4.78, 5) is 18.6. The smallest absolute Gasteiger partial charge is 0.227 e. The van der Waals surface area contributed by atoms with Crippen molar-refractivity contribution in [1.29, 1.82) is 0 Å². The molecule has 1 aromatic carbocycles. The van der Waals surface area contributed by atoms with Crippen molar-refractivity contribution in [3.63, 3.8) is 0 Å². The third-order valence-corrected chi connectivity index (χ3v) is 4.69. The van der Waals surface area contributed by atoms with Crippen LogP contribution in [-0.2, 0) is 16.6 Å². The topological polar surface area (TPSA) is 85.2 Å². The van der Waals surface area contributed by atoms with Gasteiger partial charge in [0.05, 0.1) is 0 Å². The minimum absolute atomic E-state index is 0. The summed E-state index contributed by atoms with van der Waals surface area (Å²) in [5.41, 5.74) is 6.83. The first-order chi connectivity index (χ1) is 12.2. The monoisotopic (exact) mass is 396 g/mol. The molecule has 0 bridgehead atoms. The van der Waals surface area contributed by atoms with Crippen molar-refractivity contribution in [2.45, 2.75) is 51.0 Å². The average Bonchev–Trinajstić information content (AvgIpc) is 3.19. The molecule has 0 spiro atoms. The SMILES string of the molecule is CC(C)(C)c1noc(CCC(=O)N2C[C@H](c3cccc(F)c3)[C@@H](N)C2)n1.Cl. The molecule has 148 valence electrons. The lowest BCUT2D eigenvalue weighted by Gasteiger charge is -2.16. The predicted molar refractivity (Wildman–Crippen MR) is 102 cm³/mol. The highest BCUT2D eigenvalue weighted by Gasteiger charge is 2.34. The minimum atomic E-state index is -0.287. The van der Waals surface area contributed by atoms with Crippen molar-refractivity contribution < 1.29 is 13.7 Å². The van der Waals surface area contributed by atoms with E-state index in [0.29, 0.717) is 31.2 Å². The molecule has 1 aliphatic rings. The van der Waals surface area contributed by atoms with Gasteiger partial charge in [-0.3, -0.25) is 4.79 Å². The number of aromatic nitrogens is 2. The summed E-state index contributed by atoms with van der Waals surface area (Å²) in [6.07, 6.45) is 0.687. The second kappa shape index (κ2) is 8.35. The Morgan fingerprint density at radius 1 is 1.37 bits per heavy atom. The molecule has 3 rings (SSSR count). The van der Waals surface area contributed by atoms with E-state index in [1.54, 1.807) is 11.0 Å². The van der Waals surface area contributed by atoms with Gasteiger partial charge in [-0.05, 0) is 17.7 Å². The van der Waals surface area contributed by atoms with E-state index in [1.165, 1.54) is 12.1 Å². The molecule has 2 N–H and O–H groups in total. The Bertz CT molecular complexity index is 790. The highest BCUT2D eigenvalue weighted by Crippen LogP contribution is 2.27. The van der Waals surface area contributed by atoms with Gasteiger partial charge >= 0.3 is 0 Å². The Kier molecular flexibility index (Phi) is 6.59. The maximum Gasteiger partial charge on any atom is 0.227 e. The number of rotatable bonds is 4. The summed E-state index contributed by atoms with van der Waals surface area (Å²) in [6, 6.07) is 6.23. The highest BCUT2D eigenvalue weighted by molar-refractivity contribution is 5.85. The fourth-order valence-corrected chi connectivity index (χ4v) is 3.16. The molecule has 2 aromatic rings. The first kappa shape index (κ1) is 21.3. The highest BCUT2D eigenvalue weighted by atomic mass is 35.5. The summed E-state index contributed by atoms with van der Waals surface area (Å²) in [5.74, 6) is 0.758. The van der Waals surface area contributed by atoms with E-state index in [2.05, 4.69) is 10.1 Å². The predicted octanol–water partition coefficient (Wildman–Crippen LogP) is 2.81. The first-order valence-electron chi connectivity index (χ1n) is 8.86. The van der Waals surface area contributed by atoms with Crippen molar-refractivity contribution in [2.24, 2.45) is 5.73 Å². The Balaban J connectivity index is 0.00000261. The minimum Gasteiger partial charge on any atom is -0.340 e. The fourth-order valence-electron chi connectivity index (χ4n) is 3.16. The van der Waals surface area contributed by atoms with Crippen LogP contribution in [-0.4, -0.2) is 40.1 Å². The number of hydrogen-bond acceptors (Lipinski definition) is 5. The molecule has 8 heteroatoms. The van der Waals surface area contributed by atoms with Gasteiger partial charge in [-0.15, -0.1) is 12.4 Å². The Hall–Kier alpha value is -1.99. The lowest BCUT2D eigenvalue weighted by molar-refractivity contribution is -0.130. The lowest BCUT2D eigenvalue weighted by atomic mass is 9.95. The van der Waals surface area contributed by atoms with Crippen LogP contribution in [0.2, 0.25) is 0 Å². The van der Waals surface area contributed by atoms with Crippen molar-refractivity contribution in [2.75, 3.05) is 13.1 Å². The van der Waals surface area contributed by atoms with Gasteiger partial charge in [0.2, 0.25) is 11.8 Å². The summed E-state index contributed by atoms with van der Waals surface area (Å²) >= 11 is 0. The number of hydrogen-bond donors (Lipinski definition) is 1. The number of aryl methyl sites for hydroxylation is 1. The summed E-state index contributed by atoms with van der Waals surface area (Å²) in [5, 5.41) is 3.97. The zero-order valence-corrected chi connectivity index (χ0v) is 16.6. The zero-order chi connectivity index (χ0) is 18.9. The number of likely N-dealkylation sites (tertiary alicyclic amines) is 1. The molecule has 2 heterocycles. The molecular weight excluding hydrogens is 371 g/mol. The molecule has 1 saturated heterocycles. The molecule has 0 unspecified atom stereocenters. The van der Waals surface area contributed by atoms with E-state index in [-0.39, 0.29) is 47.9 Å². The number of halogens is 2. The van der Waals surface area contributed by atoms with Gasteiger partial charge in [0, 0.05) is 43.3 Å². The van der Waals surface area contributed by atoms with Gasteiger partial charge < -0.3 is 15.2 Å². The van der Waals surface area contributed by atoms with Gasteiger partial charge in [-0.2, -0.15) is 4.98 Å². The largest absolute Gasteiger partial charge is 0.340 e. The van der Waals surface area contributed by atoms with Gasteiger partial charge in [0.1, 0.15) is 5.82 Å². The van der Waals surface area contributed by atoms with E-state index in [4.69, 9.17) is 10.3 Å². The summed E-state index contributed by atoms with van der Waals surface area (Å²) in [6.45, 7) is 6.98. The third kappa shape index (κ3) is 5.05. The van der Waals surface area contributed by atoms with Crippen LogP contribution in [0.15, 0.2) is 28.8 Å². The first-order valence-corrected chi connectivity index (χ1v) is 8.86. The molecule has 1 fully saturated rings. The van der Waals surface area contributed by atoms with E-state index < -0.39 is 0 Å². The zero-order valence-electron chi connectivity index (χ0n) is 15.8. The molecular formula is C19H26ClFN4O2. The number of carbonyl (C=O) groups excluding carboxylic acids is 1. The van der Waals surface area contributed by atoms with Gasteiger partial charge in [-0.25, -0.2) is 4.39 Å². The molecule has 1 aromatic heterocycles. The lowest BCUT2D eigenvalue weighted by Crippen LogP contribution is -2.32. The van der Waals surface area contributed by atoms with Crippen LogP contribution in [0.1, 0.15) is 50.4 Å². The maximum absolute atomic E-state index is 13.5. The average molecular weight is 397 g/mol. The summed E-state index contributed by atoms with van der Waals surface area (Å²) < 4.78 is 18.7. The van der Waals surface area contributed by atoms with Crippen LogP contribution in [0.5, 0.6) is 0 Å². The Labute approximate surface area is 164 Å². The van der Waals surface area contributed by atoms with Gasteiger partial charge in [-0.1, -0.05) is 38.1 Å². The van der Waals surface area contributed by atoms with Gasteiger partial charge in [0.15, 0.2) is 5.82 Å². The third-order valence-electron chi connectivity index (χ3n) is 4.69. The fraction of sp³-hybridized carbons (Fsp3) is 0.526. The second-order valence-electron chi connectivity index (χ2n) is 7.89. The molecule has 0 aliphatic carbocycles. The van der Waals surface area contributed by atoms with Crippen LogP contribution < -0.4 is 5.73 Å². The molecule has 1 aliphatic heterocycles. The van der Waals surface area contributed by atoms with E-state index in [0.717, 1.165) is 5.56 Å². The van der Waals surface area contributed by atoms with E-state index in [1.807, 2.05) is 26.8 Å². The van der Waals surface area contributed by atoms with Crippen LogP contribution >= 0.6 is 12.4 Å². The van der Waals surface area contributed by atoms with E-state index in [9.17, 15) is 9.18 Å².